The number of halogens is 1. The number of aromatic nitrogens is 3. The fraction of sp³-hybridized carbons (Fsp3) is 0.778. The minimum Gasteiger partial charge on any atom is -0.250 e. The van der Waals surface area contributed by atoms with E-state index in [9.17, 15) is 0 Å². The Hall–Kier alpha value is -0.570. The van der Waals surface area contributed by atoms with Crippen LogP contribution >= 0.6 is 11.6 Å². The second kappa shape index (κ2) is 5.22. The minimum absolute atomic E-state index is 0.442. The molecule has 13 heavy (non-hydrogen) atoms. The van der Waals surface area contributed by atoms with Gasteiger partial charge in [-0.25, -0.2) is 4.68 Å². The van der Waals surface area contributed by atoms with E-state index in [1.165, 1.54) is 0 Å². The third-order valence-electron chi connectivity index (χ3n) is 2.17. The Morgan fingerprint density at radius 2 is 2.38 bits per heavy atom. The number of aryl methyl sites for hydroxylation is 1. The van der Waals surface area contributed by atoms with Crippen LogP contribution in [0.25, 0.3) is 0 Å². The molecule has 4 heteroatoms. The molecule has 0 amide bonds. The maximum Gasteiger partial charge on any atom is 0.0827 e. The van der Waals surface area contributed by atoms with Gasteiger partial charge in [-0.3, -0.25) is 0 Å². The summed E-state index contributed by atoms with van der Waals surface area (Å²) in [4.78, 5) is 0. The van der Waals surface area contributed by atoms with Gasteiger partial charge in [0.2, 0.25) is 0 Å². The first-order valence-corrected chi connectivity index (χ1v) is 5.28. The highest BCUT2D eigenvalue weighted by atomic mass is 35.5. The smallest absolute Gasteiger partial charge is 0.0827 e. The van der Waals surface area contributed by atoms with E-state index < -0.39 is 0 Å². The third kappa shape index (κ3) is 2.99. The molecule has 0 N–H and O–H groups in total. The van der Waals surface area contributed by atoms with Crippen LogP contribution in [0.5, 0.6) is 0 Å². The van der Waals surface area contributed by atoms with Gasteiger partial charge in [-0.05, 0) is 26.2 Å². The molecule has 0 saturated heterocycles. The summed E-state index contributed by atoms with van der Waals surface area (Å²) in [5.41, 5.74) is 1.04. The molecular weight excluding hydrogens is 186 g/mol. The van der Waals surface area contributed by atoms with Crippen molar-refractivity contribution in [1.29, 1.82) is 0 Å². The van der Waals surface area contributed by atoms with Gasteiger partial charge in [0.25, 0.3) is 0 Å². The van der Waals surface area contributed by atoms with E-state index in [0.29, 0.717) is 11.9 Å². The molecule has 0 fully saturated rings. The zero-order chi connectivity index (χ0) is 9.68. The van der Waals surface area contributed by atoms with E-state index in [0.717, 1.165) is 25.0 Å². The van der Waals surface area contributed by atoms with Crippen molar-refractivity contribution in [2.45, 2.75) is 39.2 Å². The fourth-order valence-corrected chi connectivity index (χ4v) is 1.21. The molecule has 3 nitrogen and oxygen atoms in total. The predicted octanol–water partition coefficient (Wildman–Crippen LogP) is 2.42. The van der Waals surface area contributed by atoms with Gasteiger partial charge in [-0.15, -0.1) is 16.7 Å². The van der Waals surface area contributed by atoms with E-state index in [-0.39, 0.29) is 0 Å². The van der Waals surface area contributed by atoms with Crippen molar-refractivity contribution in [3.8, 4) is 0 Å². The first-order chi connectivity index (χ1) is 6.27. The number of alkyl halides is 1. The topological polar surface area (TPSA) is 30.7 Å². The van der Waals surface area contributed by atoms with Crippen molar-refractivity contribution in [2.24, 2.45) is 0 Å². The van der Waals surface area contributed by atoms with Crippen molar-refractivity contribution in [1.82, 2.24) is 15.0 Å². The van der Waals surface area contributed by atoms with Gasteiger partial charge in [0.15, 0.2) is 0 Å². The van der Waals surface area contributed by atoms with E-state index in [1.807, 2.05) is 10.9 Å². The van der Waals surface area contributed by atoms with Gasteiger partial charge in [0.1, 0.15) is 0 Å². The summed E-state index contributed by atoms with van der Waals surface area (Å²) in [6.07, 6.45) is 5.00. The largest absolute Gasteiger partial charge is 0.250 e. The second-order valence-corrected chi connectivity index (χ2v) is 3.62. The summed E-state index contributed by atoms with van der Waals surface area (Å²) in [7, 11) is 0. The van der Waals surface area contributed by atoms with Gasteiger partial charge < -0.3 is 0 Å². The molecule has 74 valence electrons. The monoisotopic (exact) mass is 201 g/mol. The Kier molecular flexibility index (Phi) is 4.22. The standard InChI is InChI=1S/C9H16ClN3/c1-3-8(2)13-7-9(11-12-13)5-4-6-10/h7-8H,3-6H2,1-2H3. The number of nitrogens with zero attached hydrogens (tertiary/aromatic N) is 3. The maximum absolute atomic E-state index is 5.59. The molecule has 0 saturated carbocycles. The quantitative estimate of drug-likeness (QED) is 0.686. The lowest BCUT2D eigenvalue weighted by atomic mass is 10.2. The zero-order valence-corrected chi connectivity index (χ0v) is 8.96. The van der Waals surface area contributed by atoms with Crippen LogP contribution in [-0.4, -0.2) is 20.9 Å². The third-order valence-corrected chi connectivity index (χ3v) is 2.43. The van der Waals surface area contributed by atoms with Gasteiger partial charge >= 0.3 is 0 Å². The minimum atomic E-state index is 0.442. The molecule has 0 aromatic carbocycles. The van der Waals surface area contributed by atoms with Crippen molar-refractivity contribution in [3.63, 3.8) is 0 Å². The summed E-state index contributed by atoms with van der Waals surface area (Å²) in [5.74, 6) is 0.691. The molecule has 1 unspecified atom stereocenters. The number of hydrogen-bond donors (Lipinski definition) is 0. The van der Waals surface area contributed by atoms with Crippen LogP contribution in [0.4, 0.5) is 0 Å². The van der Waals surface area contributed by atoms with Gasteiger partial charge in [-0.1, -0.05) is 12.1 Å². The average Bonchev–Trinajstić information content (AvgIpc) is 2.62. The van der Waals surface area contributed by atoms with Crippen LogP contribution in [0.1, 0.15) is 38.4 Å². The van der Waals surface area contributed by atoms with E-state index in [2.05, 4.69) is 24.2 Å². The van der Waals surface area contributed by atoms with E-state index >= 15 is 0 Å². The second-order valence-electron chi connectivity index (χ2n) is 3.24. The molecular formula is C9H16ClN3. The van der Waals surface area contributed by atoms with Crippen molar-refractivity contribution >= 4 is 11.6 Å². The predicted molar refractivity (Wildman–Crippen MR) is 54.1 cm³/mol. The number of rotatable bonds is 5. The Morgan fingerprint density at radius 1 is 1.62 bits per heavy atom. The molecule has 0 aliphatic rings. The first kappa shape index (κ1) is 10.5. The highest BCUT2D eigenvalue weighted by molar-refractivity contribution is 6.17. The zero-order valence-electron chi connectivity index (χ0n) is 8.20. The van der Waals surface area contributed by atoms with Gasteiger partial charge in [-0.2, -0.15) is 0 Å². The van der Waals surface area contributed by atoms with Gasteiger partial charge in [0.05, 0.1) is 11.7 Å². The van der Waals surface area contributed by atoms with Gasteiger partial charge in [0, 0.05) is 12.1 Å². The Balaban J connectivity index is 2.53. The molecule has 1 heterocycles. The highest BCUT2D eigenvalue weighted by Gasteiger charge is 2.04. The molecule has 0 aliphatic heterocycles. The molecule has 0 aliphatic carbocycles. The number of hydrogen-bond acceptors (Lipinski definition) is 2. The Labute approximate surface area is 84.1 Å². The summed E-state index contributed by atoms with van der Waals surface area (Å²) in [6.45, 7) is 4.28. The molecule has 0 bridgehead atoms. The van der Waals surface area contributed by atoms with Crippen LogP contribution < -0.4 is 0 Å². The lowest BCUT2D eigenvalue weighted by molar-refractivity contribution is 0.464. The molecule has 1 rings (SSSR count). The van der Waals surface area contributed by atoms with E-state index in [1.54, 1.807) is 0 Å². The first-order valence-electron chi connectivity index (χ1n) is 4.74. The normalized spacial score (nSPS) is 13.2. The molecule has 1 aromatic rings. The van der Waals surface area contributed by atoms with Crippen LogP contribution in [0.3, 0.4) is 0 Å². The molecule has 0 radical (unpaired) electrons. The van der Waals surface area contributed by atoms with Crippen LogP contribution in [-0.2, 0) is 6.42 Å². The molecule has 0 spiro atoms. The SMILES string of the molecule is CCC(C)n1cc(CCCCl)nn1. The Morgan fingerprint density at radius 3 is 3.00 bits per heavy atom. The van der Waals surface area contributed by atoms with E-state index in [4.69, 9.17) is 11.6 Å². The summed E-state index contributed by atoms with van der Waals surface area (Å²) in [6, 6.07) is 0.442. The van der Waals surface area contributed by atoms with Crippen molar-refractivity contribution in [3.05, 3.63) is 11.9 Å². The average molecular weight is 202 g/mol. The summed E-state index contributed by atoms with van der Waals surface area (Å²) in [5, 5.41) is 8.14. The summed E-state index contributed by atoms with van der Waals surface area (Å²) < 4.78 is 1.92. The van der Waals surface area contributed by atoms with Crippen LogP contribution in [0.15, 0.2) is 6.20 Å². The lowest BCUT2D eigenvalue weighted by Gasteiger charge is -2.05. The van der Waals surface area contributed by atoms with Crippen LogP contribution in [0.2, 0.25) is 0 Å². The van der Waals surface area contributed by atoms with Crippen LogP contribution in [0, 0.1) is 0 Å². The van der Waals surface area contributed by atoms with Crippen molar-refractivity contribution in [2.75, 3.05) is 5.88 Å². The molecule has 1 aromatic heterocycles. The Bertz CT molecular complexity index is 247. The lowest BCUT2D eigenvalue weighted by Crippen LogP contribution is -2.03. The van der Waals surface area contributed by atoms with Crippen molar-refractivity contribution < 1.29 is 0 Å². The summed E-state index contributed by atoms with van der Waals surface area (Å²) >= 11 is 5.59. The molecule has 1 atom stereocenters. The fourth-order valence-electron chi connectivity index (χ4n) is 1.08. The highest BCUT2D eigenvalue weighted by Crippen LogP contribution is 2.09. The maximum atomic E-state index is 5.59.